The Bertz CT molecular complexity index is 458. The normalized spacial score (nSPS) is 24.4. The van der Waals surface area contributed by atoms with Gasteiger partial charge in [0.05, 0.1) is 0 Å². The van der Waals surface area contributed by atoms with Crippen molar-refractivity contribution in [2.24, 2.45) is 22.1 Å². The number of nitrogens with zero attached hydrogens (tertiary/aromatic N) is 1. The smallest absolute Gasteiger partial charge is 0.303 e. The highest BCUT2D eigenvalue weighted by Gasteiger charge is 2.51. The zero-order chi connectivity index (χ0) is 14.6. The van der Waals surface area contributed by atoms with Crippen molar-refractivity contribution < 1.29 is 19.5 Å². The SMILES string of the molecule is C=CCC1(C(C)CCC(=O)O)C(=O)N=C(N)NC1=O. The Morgan fingerprint density at radius 3 is 2.74 bits per heavy atom. The summed E-state index contributed by atoms with van der Waals surface area (Å²) in [7, 11) is 0. The summed E-state index contributed by atoms with van der Waals surface area (Å²) in [5.74, 6) is -2.90. The van der Waals surface area contributed by atoms with Crippen molar-refractivity contribution in [1.29, 1.82) is 0 Å². The van der Waals surface area contributed by atoms with Gasteiger partial charge in [-0.25, -0.2) is 0 Å². The molecule has 0 aromatic heterocycles. The minimum absolute atomic E-state index is 0.0925. The first-order chi connectivity index (χ1) is 8.84. The van der Waals surface area contributed by atoms with Crippen LogP contribution in [0.25, 0.3) is 0 Å². The van der Waals surface area contributed by atoms with E-state index in [4.69, 9.17) is 10.8 Å². The van der Waals surface area contributed by atoms with Gasteiger partial charge < -0.3 is 10.8 Å². The summed E-state index contributed by atoms with van der Waals surface area (Å²) in [5.41, 5.74) is 3.92. The second-order valence-electron chi connectivity index (χ2n) is 4.55. The maximum Gasteiger partial charge on any atom is 0.303 e. The first kappa shape index (κ1) is 14.9. The number of rotatable bonds is 6. The molecule has 1 heterocycles. The Labute approximate surface area is 110 Å². The number of carbonyl (C=O) groups excluding carboxylic acids is 2. The average molecular weight is 267 g/mol. The summed E-state index contributed by atoms with van der Waals surface area (Å²) in [5, 5.41) is 11.0. The van der Waals surface area contributed by atoms with E-state index in [2.05, 4.69) is 16.9 Å². The van der Waals surface area contributed by atoms with Crippen molar-refractivity contribution in [2.75, 3.05) is 0 Å². The fraction of sp³-hybridized carbons (Fsp3) is 0.500. The quantitative estimate of drug-likeness (QED) is 0.462. The van der Waals surface area contributed by atoms with Crippen LogP contribution < -0.4 is 11.1 Å². The average Bonchev–Trinajstić information content (AvgIpc) is 2.30. The van der Waals surface area contributed by atoms with E-state index in [0.717, 1.165) is 0 Å². The summed E-state index contributed by atoms with van der Waals surface area (Å²) in [4.78, 5) is 38.4. The first-order valence-corrected chi connectivity index (χ1v) is 5.87. The van der Waals surface area contributed by atoms with Crippen molar-refractivity contribution in [3.63, 3.8) is 0 Å². The van der Waals surface area contributed by atoms with Gasteiger partial charge in [-0.3, -0.25) is 19.7 Å². The van der Waals surface area contributed by atoms with Crippen LogP contribution in [0.1, 0.15) is 26.2 Å². The molecule has 4 N–H and O–H groups in total. The van der Waals surface area contributed by atoms with Crippen molar-refractivity contribution in [3.05, 3.63) is 12.7 Å². The van der Waals surface area contributed by atoms with Gasteiger partial charge in [0.25, 0.3) is 5.91 Å². The number of allylic oxidation sites excluding steroid dienone is 1. The molecule has 0 fully saturated rings. The molecule has 0 bridgehead atoms. The zero-order valence-corrected chi connectivity index (χ0v) is 10.7. The van der Waals surface area contributed by atoms with Crippen LogP contribution in [0.15, 0.2) is 17.6 Å². The van der Waals surface area contributed by atoms with Gasteiger partial charge in [-0.1, -0.05) is 13.0 Å². The number of hydrogen-bond donors (Lipinski definition) is 3. The molecule has 2 atom stereocenters. The molecule has 0 aliphatic carbocycles. The third-order valence-corrected chi connectivity index (χ3v) is 3.35. The van der Waals surface area contributed by atoms with Crippen LogP contribution in [0.3, 0.4) is 0 Å². The fourth-order valence-corrected chi connectivity index (χ4v) is 2.19. The number of carbonyl (C=O) groups is 3. The van der Waals surface area contributed by atoms with Crippen molar-refractivity contribution in [3.8, 4) is 0 Å². The molecule has 2 amide bonds. The fourth-order valence-electron chi connectivity index (χ4n) is 2.19. The number of nitrogens with one attached hydrogen (secondary N) is 1. The molecule has 0 saturated heterocycles. The third kappa shape index (κ3) is 2.81. The van der Waals surface area contributed by atoms with Crippen LogP contribution in [0.4, 0.5) is 0 Å². The molecule has 0 aromatic rings. The molecule has 7 heteroatoms. The molecule has 1 rings (SSSR count). The highest BCUT2D eigenvalue weighted by atomic mass is 16.4. The lowest BCUT2D eigenvalue weighted by atomic mass is 9.69. The highest BCUT2D eigenvalue weighted by Crippen LogP contribution is 2.38. The Morgan fingerprint density at radius 2 is 2.26 bits per heavy atom. The summed E-state index contributed by atoms with van der Waals surface area (Å²) >= 11 is 0. The Hall–Kier alpha value is -2.18. The number of amides is 2. The van der Waals surface area contributed by atoms with Crippen molar-refractivity contribution in [2.45, 2.75) is 26.2 Å². The van der Waals surface area contributed by atoms with Gasteiger partial charge in [-0.05, 0) is 18.8 Å². The molecule has 0 saturated carbocycles. The third-order valence-electron chi connectivity index (χ3n) is 3.35. The van der Waals surface area contributed by atoms with Crippen LogP contribution in [-0.2, 0) is 14.4 Å². The maximum absolute atomic E-state index is 12.1. The van der Waals surface area contributed by atoms with Gasteiger partial charge in [0.15, 0.2) is 0 Å². The Kier molecular flexibility index (Phi) is 4.42. The van der Waals surface area contributed by atoms with E-state index in [1.807, 2.05) is 0 Å². The van der Waals surface area contributed by atoms with E-state index >= 15 is 0 Å². The Balaban J connectivity index is 3.08. The lowest BCUT2D eigenvalue weighted by molar-refractivity contribution is -0.147. The standard InChI is InChI=1S/C12H17N3O4/c1-3-6-12(7(2)4-5-8(16)17)9(18)14-11(13)15-10(12)19/h3,7H,1,4-6H2,2H3,(H,16,17)(H3,13,14,15,18,19). The van der Waals surface area contributed by atoms with E-state index in [9.17, 15) is 14.4 Å². The summed E-state index contributed by atoms with van der Waals surface area (Å²) < 4.78 is 0. The molecule has 0 spiro atoms. The summed E-state index contributed by atoms with van der Waals surface area (Å²) in [6.45, 7) is 5.19. The molecule has 0 radical (unpaired) electrons. The summed E-state index contributed by atoms with van der Waals surface area (Å²) in [6.07, 6.45) is 1.61. The van der Waals surface area contributed by atoms with Gasteiger partial charge in [0, 0.05) is 6.42 Å². The van der Waals surface area contributed by atoms with Crippen LogP contribution in [-0.4, -0.2) is 28.8 Å². The van der Waals surface area contributed by atoms with Gasteiger partial charge in [-0.15, -0.1) is 6.58 Å². The van der Waals surface area contributed by atoms with E-state index < -0.39 is 29.1 Å². The predicted molar refractivity (Wildman–Crippen MR) is 68.1 cm³/mol. The maximum atomic E-state index is 12.1. The molecular weight excluding hydrogens is 250 g/mol. The van der Waals surface area contributed by atoms with Gasteiger partial charge in [0.1, 0.15) is 5.41 Å². The minimum atomic E-state index is -1.42. The van der Waals surface area contributed by atoms with Crippen LogP contribution in [0, 0.1) is 11.3 Å². The van der Waals surface area contributed by atoms with Crippen molar-refractivity contribution in [1.82, 2.24) is 5.32 Å². The molecule has 2 unspecified atom stereocenters. The zero-order valence-electron chi connectivity index (χ0n) is 10.7. The molecular formula is C12H17N3O4. The second kappa shape index (κ2) is 5.64. The van der Waals surface area contributed by atoms with Gasteiger partial charge in [0.2, 0.25) is 11.9 Å². The lowest BCUT2D eigenvalue weighted by Crippen LogP contribution is -2.57. The van der Waals surface area contributed by atoms with Gasteiger partial charge >= 0.3 is 5.97 Å². The number of carboxylic acids is 1. The number of aliphatic imine (C=N–C) groups is 1. The van der Waals surface area contributed by atoms with Crippen LogP contribution >= 0.6 is 0 Å². The molecule has 104 valence electrons. The molecule has 1 aliphatic heterocycles. The van der Waals surface area contributed by atoms with Crippen LogP contribution in [0.2, 0.25) is 0 Å². The van der Waals surface area contributed by atoms with E-state index in [1.165, 1.54) is 6.08 Å². The highest BCUT2D eigenvalue weighted by molar-refractivity contribution is 6.18. The largest absolute Gasteiger partial charge is 0.481 e. The predicted octanol–water partition coefficient (Wildman–Crippen LogP) is 0.0209. The van der Waals surface area contributed by atoms with Gasteiger partial charge in [-0.2, -0.15) is 4.99 Å². The topological polar surface area (TPSA) is 122 Å². The van der Waals surface area contributed by atoms with Crippen LogP contribution in [0.5, 0.6) is 0 Å². The second-order valence-corrected chi connectivity index (χ2v) is 4.55. The molecule has 7 nitrogen and oxygen atoms in total. The Morgan fingerprint density at radius 1 is 1.63 bits per heavy atom. The van der Waals surface area contributed by atoms with Crippen molar-refractivity contribution >= 4 is 23.7 Å². The van der Waals surface area contributed by atoms with E-state index in [1.54, 1.807) is 6.92 Å². The minimum Gasteiger partial charge on any atom is -0.481 e. The number of guanidine groups is 1. The molecule has 1 aliphatic rings. The lowest BCUT2D eigenvalue weighted by Gasteiger charge is -2.36. The number of carboxylic acid groups (broad SMARTS) is 1. The number of aliphatic carboxylic acids is 1. The van der Waals surface area contributed by atoms with E-state index in [0.29, 0.717) is 0 Å². The number of nitrogens with two attached hydrogens (primary N) is 1. The monoisotopic (exact) mass is 267 g/mol. The van der Waals surface area contributed by atoms with E-state index in [-0.39, 0.29) is 25.2 Å². The number of hydrogen-bond acceptors (Lipinski definition) is 4. The summed E-state index contributed by atoms with van der Waals surface area (Å²) in [6, 6.07) is 0. The molecule has 19 heavy (non-hydrogen) atoms. The molecule has 0 aromatic carbocycles. The first-order valence-electron chi connectivity index (χ1n) is 5.87.